The molecule has 0 fully saturated rings. The minimum absolute atomic E-state index is 0.126. The van der Waals surface area contributed by atoms with Crippen molar-refractivity contribution in [3.63, 3.8) is 0 Å². The van der Waals surface area contributed by atoms with Crippen molar-refractivity contribution in [2.45, 2.75) is 46.7 Å². The van der Waals surface area contributed by atoms with E-state index in [1.54, 1.807) is 12.1 Å². The van der Waals surface area contributed by atoms with Gasteiger partial charge in [-0.15, -0.1) is 0 Å². The van der Waals surface area contributed by atoms with Gasteiger partial charge in [0.25, 0.3) is 0 Å². The fourth-order valence-electron chi connectivity index (χ4n) is 3.84. The SMILES string of the molecule is COP(=O)(O)C(c1ccc(O)cc1)(C(C)(C)C)C(C)(C)C. The summed E-state index contributed by atoms with van der Waals surface area (Å²) < 4.78 is 18.1. The zero-order valence-electron chi connectivity index (χ0n) is 14.0. The molecule has 0 bridgehead atoms. The van der Waals surface area contributed by atoms with Crippen LogP contribution in [-0.2, 0) is 14.2 Å². The number of hydrogen-bond donors (Lipinski definition) is 2. The van der Waals surface area contributed by atoms with Gasteiger partial charge in [-0.25, -0.2) is 0 Å². The molecule has 21 heavy (non-hydrogen) atoms. The fraction of sp³-hybridized carbons (Fsp3) is 0.625. The van der Waals surface area contributed by atoms with Crippen molar-refractivity contribution in [3.8, 4) is 5.75 Å². The Kier molecular flexibility index (Phi) is 4.70. The molecule has 0 aromatic heterocycles. The van der Waals surface area contributed by atoms with E-state index in [0.717, 1.165) is 0 Å². The smallest absolute Gasteiger partial charge is 0.339 e. The molecule has 4 nitrogen and oxygen atoms in total. The first-order valence-electron chi connectivity index (χ1n) is 6.99. The molecule has 1 aromatic carbocycles. The lowest BCUT2D eigenvalue weighted by Crippen LogP contribution is -2.50. The minimum Gasteiger partial charge on any atom is -0.508 e. The van der Waals surface area contributed by atoms with Gasteiger partial charge in [0.05, 0.1) is 0 Å². The first kappa shape index (κ1) is 18.2. The molecule has 0 aliphatic rings. The summed E-state index contributed by atoms with van der Waals surface area (Å²) in [6, 6.07) is 6.48. The summed E-state index contributed by atoms with van der Waals surface area (Å²) >= 11 is 0. The van der Waals surface area contributed by atoms with Crippen molar-refractivity contribution < 1.29 is 19.1 Å². The zero-order valence-corrected chi connectivity index (χ0v) is 14.9. The van der Waals surface area contributed by atoms with Crippen LogP contribution >= 0.6 is 7.60 Å². The molecule has 5 heteroatoms. The first-order chi connectivity index (χ1) is 9.31. The zero-order chi connectivity index (χ0) is 16.7. The Balaban J connectivity index is 3.86. The molecule has 0 aliphatic carbocycles. The molecule has 0 aliphatic heterocycles. The number of benzene rings is 1. The number of phenols is 1. The van der Waals surface area contributed by atoms with Gasteiger partial charge in [0, 0.05) is 7.11 Å². The van der Waals surface area contributed by atoms with Crippen LogP contribution in [0.15, 0.2) is 24.3 Å². The topological polar surface area (TPSA) is 66.8 Å². The Morgan fingerprint density at radius 2 is 1.33 bits per heavy atom. The van der Waals surface area contributed by atoms with Crippen molar-refractivity contribution >= 4 is 7.60 Å². The molecule has 2 N–H and O–H groups in total. The van der Waals surface area contributed by atoms with Gasteiger partial charge in [0.15, 0.2) is 0 Å². The highest BCUT2D eigenvalue weighted by Gasteiger charge is 2.63. The van der Waals surface area contributed by atoms with Gasteiger partial charge in [-0.1, -0.05) is 53.7 Å². The van der Waals surface area contributed by atoms with E-state index in [1.165, 1.54) is 19.2 Å². The van der Waals surface area contributed by atoms with Crippen LogP contribution in [0.5, 0.6) is 5.75 Å². The summed E-state index contributed by atoms with van der Waals surface area (Å²) in [5.74, 6) is 0.126. The maximum absolute atomic E-state index is 13.1. The second-order valence-corrected chi connectivity index (χ2v) is 9.54. The summed E-state index contributed by atoms with van der Waals surface area (Å²) in [6.45, 7) is 11.6. The monoisotopic (exact) mass is 314 g/mol. The van der Waals surface area contributed by atoms with Gasteiger partial charge < -0.3 is 14.5 Å². The predicted octanol–water partition coefficient (Wildman–Crippen LogP) is 4.51. The number of aromatic hydroxyl groups is 1. The molecule has 0 radical (unpaired) electrons. The molecule has 0 heterocycles. The Labute approximate surface area is 127 Å². The van der Waals surface area contributed by atoms with Crippen LogP contribution in [0.3, 0.4) is 0 Å². The van der Waals surface area contributed by atoms with E-state index in [2.05, 4.69) is 0 Å². The van der Waals surface area contributed by atoms with Crippen molar-refractivity contribution in [3.05, 3.63) is 29.8 Å². The molecule has 120 valence electrons. The van der Waals surface area contributed by atoms with E-state index in [4.69, 9.17) is 4.52 Å². The van der Waals surface area contributed by atoms with Crippen LogP contribution in [0.1, 0.15) is 47.1 Å². The fourth-order valence-corrected chi connectivity index (χ4v) is 6.29. The highest BCUT2D eigenvalue weighted by molar-refractivity contribution is 7.54. The molecule has 0 amide bonds. The van der Waals surface area contributed by atoms with Gasteiger partial charge in [0.2, 0.25) is 0 Å². The van der Waals surface area contributed by atoms with E-state index >= 15 is 0 Å². The van der Waals surface area contributed by atoms with E-state index < -0.39 is 23.6 Å². The quantitative estimate of drug-likeness (QED) is 0.805. The molecule has 1 atom stereocenters. The molecular formula is C16H27O4P. The van der Waals surface area contributed by atoms with Crippen molar-refractivity contribution in [1.82, 2.24) is 0 Å². The minimum atomic E-state index is -3.98. The van der Waals surface area contributed by atoms with Crippen LogP contribution in [0, 0.1) is 10.8 Å². The summed E-state index contributed by atoms with van der Waals surface area (Å²) in [5.41, 5.74) is -0.390. The summed E-state index contributed by atoms with van der Waals surface area (Å²) in [6.07, 6.45) is 0. The third-order valence-corrected chi connectivity index (χ3v) is 7.07. The second kappa shape index (κ2) is 5.42. The molecule has 1 aromatic rings. The third-order valence-electron chi connectivity index (χ3n) is 4.13. The van der Waals surface area contributed by atoms with Crippen molar-refractivity contribution in [2.24, 2.45) is 10.8 Å². The largest absolute Gasteiger partial charge is 0.508 e. The van der Waals surface area contributed by atoms with Crippen LogP contribution in [0.4, 0.5) is 0 Å². The molecular weight excluding hydrogens is 287 g/mol. The first-order valence-corrected chi connectivity index (χ1v) is 8.57. The maximum atomic E-state index is 13.1. The van der Waals surface area contributed by atoms with E-state index in [-0.39, 0.29) is 5.75 Å². The van der Waals surface area contributed by atoms with Crippen molar-refractivity contribution in [2.75, 3.05) is 7.11 Å². The Bertz CT molecular complexity index is 521. The van der Waals surface area contributed by atoms with E-state index in [9.17, 15) is 14.6 Å². The van der Waals surface area contributed by atoms with Crippen LogP contribution in [0.2, 0.25) is 0 Å². The predicted molar refractivity (Wildman–Crippen MR) is 85.5 cm³/mol. The summed E-state index contributed by atoms with van der Waals surface area (Å²) in [7, 11) is -2.71. The van der Waals surface area contributed by atoms with E-state index in [0.29, 0.717) is 5.56 Å². The van der Waals surface area contributed by atoms with Crippen LogP contribution in [-0.4, -0.2) is 17.1 Å². The maximum Gasteiger partial charge on any atom is 0.339 e. The van der Waals surface area contributed by atoms with Gasteiger partial charge in [0.1, 0.15) is 10.9 Å². The molecule has 0 spiro atoms. The Morgan fingerprint density at radius 3 is 1.62 bits per heavy atom. The average molecular weight is 314 g/mol. The molecule has 0 saturated carbocycles. The highest BCUT2D eigenvalue weighted by Crippen LogP contribution is 2.74. The Hall–Kier alpha value is -0.830. The average Bonchev–Trinajstić information content (AvgIpc) is 2.28. The van der Waals surface area contributed by atoms with E-state index in [1.807, 2.05) is 41.5 Å². The standard InChI is InChI=1S/C16H27O4P/c1-14(2,3)16(15(4,5)6,21(18,19)20-7)12-8-10-13(17)11-9-12/h8-11,17H,1-7H3,(H,18,19). The molecule has 1 unspecified atom stereocenters. The molecule has 1 rings (SSSR count). The lowest BCUT2D eigenvalue weighted by molar-refractivity contribution is 0.0922. The van der Waals surface area contributed by atoms with Gasteiger partial charge in [-0.05, 0) is 28.5 Å². The summed E-state index contributed by atoms with van der Waals surface area (Å²) in [5, 5.41) is 8.41. The number of phenolic OH excluding ortho intramolecular Hbond substituents is 1. The van der Waals surface area contributed by atoms with Crippen molar-refractivity contribution in [1.29, 1.82) is 0 Å². The Morgan fingerprint density at radius 1 is 0.952 bits per heavy atom. The third kappa shape index (κ3) is 2.77. The normalized spacial score (nSPS) is 16.6. The highest BCUT2D eigenvalue weighted by atomic mass is 31.2. The van der Waals surface area contributed by atoms with Crippen LogP contribution < -0.4 is 0 Å². The van der Waals surface area contributed by atoms with Gasteiger partial charge in [-0.2, -0.15) is 0 Å². The van der Waals surface area contributed by atoms with Gasteiger partial charge >= 0.3 is 7.60 Å². The lowest BCUT2D eigenvalue weighted by Gasteiger charge is -2.54. The second-order valence-electron chi connectivity index (χ2n) is 7.46. The van der Waals surface area contributed by atoms with Crippen LogP contribution in [0.25, 0.3) is 0 Å². The summed E-state index contributed by atoms with van der Waals surface area (Å²) in [4.78, 5) is 10.7. The lowest BCUT2D eigenvalue weighted by atomic mass is 9.62. The molecule has 0 saturated heterocycles. The number of rotatable bonds is 3. The van der Waals surface area contributed by atoms with Gasteiger partial charge in [-0.3, -0.25) is 4.57 Å². The number of hydrogen-bond acceptors (Lipinski definition) is 3.